The van der Waals surface area contributed by atoms with Gasteiger partial charge in [-0.2, -0.15) is 0 Å². The van der Waals surface area contributed by atoms with E-state index in [2.05, 4.69) is 5.32 Å². The van der Waals surface area contributed by atoms with Gasteiger partial charge in [-0.05, 0) is 25.0 Å². The quantitative estimate of drug-likeness (QED) is 0.859. The maximum Gasteiger partial charge on any atom is 0.223 e. The van der Waals surface area contributed by atoms with Crippen LogP contribution in [0.25, 0.3) is 0 Å². The molecule has 0 spiro atoms. The maximum atomic E-state index is 13.4. The first-order chi connectivity index (χ1) is 8.08. The molecule has 0 fully saturated rings. The topological polar surface area (TPSA) is 29.1 Å². The highest BCUT2D eigenvalue weighted by atomic mass is 35.5. The van der Waals surface area contributed by atoms with E-state index >= 15 is 0 Å². The molecular formula is C13H17ClFNO. The van der Waals surface area contributed by atoms with Gasteiger partial charge in [0.2, 0.25) is 5.91 Å². The van der Waals surface area contributed by atoms with E-state index in [-0.39, 0.29) is 24.2 Å². The number of hydrogen-bond acceptors (Lipinski definition) is 1. The molecule has 1 aromatic carbocycles. The summed E-state index contributed by atoms with van der Waals surface area (Å²) < 4.78 is 13.4. The van der Waals surface area contributed by atoms with Gasteiger partial charge in [0.1, 0.15) is 5.82 Å². The monoisotopic (exact) mass is 257 g/mol. The smallest absolute Gasteiger partial charge is 0.223 e. The number of benzene rings is 1. The van der Waals surface area contributed by atoms with Crippen LogP contribution in [0.1, 0.15) is 32.3 Å². The van der Waals surface area contributed by atoms with Gasteiger partial charge in [-0.1, -0.05) is 31.5 Å². The number of amides is 1. The van der Waals surface area contributed by atoms with E-state index in [9.17, 15) is 9.18 Å². The molecule has 0 saturated carbocycles. The lowest BCUT2D eigenvalue weighted by molar-refractivity contribution is -0.125. The molecule has 1 rings (SSSR count). The van der Waals surface area contributed by atoms with E-state index in [1.54, 1.807) is 12.1 Å². The summed E-state index contributed by atoms with van der Waals surface area (Å²) in [4.78, 5) is 11.7. The third-order valence-corrected chi connectivity index (χ3v) is 3.06. The molecule has 0 aromatic heterocycles. The standard InChI is InChI=1S/C13H17ClFNO/c1-3-9(4-2)13(17)16-8-10-5-6-11(14)7-12(10)15/h5-7,9H,3-4,8H2,1-2H3,(H,16,17). The molecule has 1 N–H and O–H groups in total. The van der Waals surface area contributed by atoms with Gasteiger partial charge in [-0.15, -0.1) is 0 Å². The van der Waals surface area contributed by atoms with Crippen LogP contribution in [0, 0.1) is 11.7 Å². The van der Waals surface area contributed by atoms with Crippen LogP contribution >= 0.6 is 11.6 Å². The van der Waals surface area contributed by atoms with Crippen LogP contribution < -0.4 is 5.32 Å². The number of halogens is 2. The molecule has 0 aliphatic carbocycles. The van der Waals surface area contributed by atoms with E-state index < -0.39 is 0 Å². The average molecular weight is 258 g/mol. The molecule has 0 heterocycles. The molecule has 0 unspecified atom stereocenters. The molecule has 0 aliphatic rings. The van der Waals surface area contributed by atoms with Crippen LogP contribution in [0.3, 0.4) is 0 Å². The van der Waals surface area contributed by atoms with Crippen molar-refractivity contribution in [2.45, 2.75) is 33.2 Å². The fourth-order valence-electron chi connectivity index (χ4n) is 1.65. The molecular weight excluding hydrogens is 241 g/mol. The van der Waals surface area contributed by atoms with Gasteiger partial charge >= 0.3 is 0 Å². The Labute approximate surface area is 106 Å². The molecule has 0 bridgehead atoms. The lowest BCUT2D eigenvalue weighted by Crippen LogP contribution is -2.29. The fourth-order valence-corrected chi connectivity index (χ4v) is 1.81. The van der Waals surface area contributed by atoms with Crippen molar-refractivity contribution >= 4 is 17.5 Å². The second kappa shape index (κ2) is 6.60. The molecule has 1 amide bonds. The summed E-state index contributed by atoms with van der Waals surface area (Å²) in [6.45, 7) is 4.14. The first-order valence-corrected chi connectivity index (χ1v) is 6.17. The van der Waals surface area contributed by atoms with E-state index in [1.807, 2.05) is 13.8 Å². The van der Waals surface area contributed by atoms with Crippen molar-refractivity contribution in [3.8, 4) is 0 Å². The Morgan fingerprint density at radius 2 is 2.06 bits per heavy atom. The third-order valence-electron chi connectivity index (χ3n) is 2.82. The predicted octanol–water partition coefficient (Wildman–Crippen LogP) is 3.53. The highest BCUT2D eigenvalue weighted by molar-refractivity contribution is 6.30. The Morgan fingerprint density at radius 1 is 1.41 bits per heavy atom. The van der Waals surface area contributed by atoms with Gasteiger partial charge in [0.25, 0.3) is 0 Å². The second-order valence-electron chi connectivity index (χ2n) is 3.97. The van der Waals surface area contributed by atoms with E-state index in [0.29, 0.717) is 10.6 Å². The van der Waals surface area contributed by atoms with Gasteiger partial charge in [-0.3, -0.25) is 4.79 Å². The Bertz CT molecular complexity index is 391. The number of hydrogen-bond donors (Lipinski definition) is 1. The molecule has 0 radical (unpaired) electrons. The minimum atomic E-state index is -0.387. The summed E-state index contributed by atoms with van der Waals surface area (Å²) in [5.74, 6) is -0.406. The lowest BCUT2D eigenvalue weighted by atomic mass is 10.0. The summed E-state index contributed by atoms with van der Waals surface area (Å²) in [7, 11) is 0. The van der Waals surface area contributed by atoms with Gasteiger partial charge in [-0.25, -0.2) is 4.39 Å². The fraction of sp³-hybridized carbons (Fsp3) is 0.462. The first-order valence-electron chi connectivity index (χ1n) is 5.80. The SMILES string of the molecule is CCC(CC)C(=O)NCc1ccc(Cl)cc1F. The zero-order valence-electron chi connectivity index (χ0n) is 10.1. The molecule has 0 atom stereocenters. The number of carbonyl (C=O) groups is 1. The number of carbonyl (C=O) groups excluding carboxylic acids is 1. The van der Waals surface area contributed by atoms with Crippen LogP contribution in [-0.4, -0.2) is 5.91 Å². The number of rotatable bonds is 5. The van der Waals surface area contributed by atoms with Gasteiger partial charge in [0, 0.05) is 23.0 Å². The van der Waals surface area contributed by atoms with Crippen LogP contribution in [0.4, 0.5) is 4.39 Å². The van der Waals surface area contributed by atoms with Crippen molar-refractivity contribution < 1.29 is 9.18 Å². The van der Waals surface area contributed by atoms with E-state index in [0.717, 1.165) is 12.8 Å². The van der Waals surface area contributed by atoms with Crippen molar-refractivity contribution in [3.63, 3.8) is 0 Å². The van der Waals surface area contributed by atoms with E-state index in [4.69, 9.17) is 11.6 Å². The molecule has 94 valence electrons. The summed E-state index contributed by atoms with van der Waals surface area (Å²) in [6, 6.07) is 4.45. The van der Waals surface area contributed by atoms with Crippen LogP contribution in [0.2, 0.25) is 5.02 Å². The third kappa shape index (κ3) is 4.00. The summed E-state index contributed by atoms with van der Waals surface area (Å²) >= 11 is 5.65. The summed E-state index contributed by atoms with van der Waals surface area (Å²) in [5, 5.41) is 3.10. The first kappa shape index (κ1) is 14.0. The van der Waals surface area contributed by atoms with Crippen molar-refractivity contribution in [3.05, 3.63) is 34.6 Å². The van der Waals surface area contributed by atoms with E-state index in [1.165, 1.54) is 6.07 Å². The molecule has 1 aromatic rings. The Kier molecular flexibility index (Phi) is 5.42. The molecule has 0 saturated heterocycles. The molecule has 17 heavy (non-hydrogen) atoms. The van der Waals surface area contributed by atoms with Crippen molar-refractivity contribution in [1.29, 1.82) is 0 Å². The summed E-state index contributed by atoms with van der Waals surface area (Å²) in [5.41, 5.74) is 0.453. The van der Waals surface area contributed by atoms with Gasteiger partial charge in [0.05, 0.1) is 0 Å². The minimum Gasteiger partial charge on any atom is -0.352 e. The van der Waals surface area contributed by atoms with Crippen molar-refractivity contribution in [1.82, 2.24) is 5.32 Å². The summed E-state index contributed by atoms with van der Waals surface area (Å²) in [6.07, 6.45) is 1.59. The highest BCUT2D eigenvalue weighted by Gasteiger charge is 2.14. The van der Waals surface area contributed by atoms with Crippen LogP contribution in [0.15, 0.2) is 18.2 Å². The Hall–Kier alpha value is -1.09. The average Bonchev–Trinajstić information content (AvgIpc) is 2.29. The minimum absolute atomic E-state index is 0.00496. The second-order valence-corrected chi connectivity index (χ2v) is 4.40. The Balaban J connectivity index is 2.58. The van der Waals surface area contributed by atoms with Gasteiger partial charge in [0.15, 0.2) is 0 Å². The maximum absolute atomic E-state index is 13.4. The predicted molar refractivity (Wildman–Crippen MR) is 67.3 cm³/mol. The molecule has 0 aliphatic heterocycles. The van der Waals surface area contributed by atoms with Crippen molar-refractivity contribution in [2.75, 3.05) is 0 Å². The lowest BCUT2D eigenvalue weighted by Gasteiger charge is -2.13. The Morgan fingerprint density at radius 3 is 2.59 bits per heavy atom. The zero-order valence-corrected chi connectivity index (χ0v) is 10.9. The van der Waals surface area contributed by atoms with Crippen molar-refractivity contribution in [2.24, 2.45) is 5.92 Å². The zero-order chi connectivity index (χ0) is 12.8. The van der Waals surface area contributed by atoms with Gasteiger partial charge < -0.3 is 5.32 Å². The highest BCUT2D eigenvalue weighted by Crippen LogP contribution is 2.15. The molecule has 4 heteroatoms. The number of nitrogens with one attached hydrogen (secondary N) is 1. The largest absolute Gasteiger partial charge is 0.352 e. The van der Waals surface area contributed by atoms with Crippen LogP contribution in [0.5, 0.6) is 0 Å². The normalized spacial score (nSPS) is 10.6. The molecule has 2 nitrogen and oxygen atoms in total. The van der Waals surface area contributed by atoms with Crippen LogP contribution in [-0.2, 0) is 11.3 Å².